The van der Waals surface area contributed by atoms with Crippen molar-refractivity contribution in [1.82, 2.24) is 14.5 Å². The molecule has 3 aromatic rings. The van der Waals surface area contributed by atoms with E-state index in [2.05, 4.69) is 5.32 Å². The van der Waals surface area contributed by atoms with Crippen LogP contribution in [0.25, 0.3) is 0 Å². The van der Waals surface area contributed by atoms with Crippen LogP contribution in [0, 0.1) is 6.92 Å². The third kappa shape index (κ3) is 5.79. The molecular formula is C31H33N3O5S. The van der Waals surface area contributed by atoms with Crippen LogP contribution in [0.5, 0.6) is 0 Å². The average molecular weight is 560 g/mol. The molecule has 0 aromatic heterocycles. The molecule has 0 radical (unpaired) electrons. The van der Waals surface area contributed by atoms with Gasteiger partial charge in [0.05, 0.1) is 5.56 Å². The van der Waals surface area contributed by atoms with Crippen LogP contribution in [-0.2, 0) is 32.6 Å². The summed E-state index contributed by atoms with van der Waals surface area (Å²) in [5.74, 6) is -1.64. The Morgan fingerprint density at radius 3 is 2.33 bits per heavy atom. The van der Waals surface area contributed by atoms with Crippen LogP contribution in [0.3, 0.4) is 0 Å². The first-order valence-electron chi connectivity index (χ1n) is 13.6. The quantitative estimate of drug-likeness (QED) is 0.429. The van der Waals surface area contributed by atoms with Crippen molar-refractivity contribution in [1.29, 1.82) is 0 Å². The maximum atomic E-state index is 14.0. The zero-order valence-corrected chi connectivity index (χ0v) is 23.3. The number of rotatable bonds is 9. The van der Waals surface area contributed by atoms with E-state index in [1.54, 1.807) is 12.1 Å². The molecule has 208 valence electrons. The molecule has 9 heteroatoms. The van der Waals surface area contributed by atoms with Crippen molar-refractivity contribution in [3.05, 3.63) is 101 Å². The van der Waals surface area contributed by atoms with E-state index in [1.807, 2.05) is 61.5 Å². The predicted octanol–water partition coefficient (Wildman–Crippen LogP) is 3.84. The fraction of sp³-hybridized carbons (Fsp3) is 0.323. The highest BCUT2D eigenvalue weighted by molar-refractivity contribution is 7.90. The zero-order valence-electron chi connectivity index (χ0n) is 22.5. The van der Waals surface area contributed by atoms with Gasteiger partial charge >= 0.3 is 0 Å². The largest absolute Gasteiger partial charge is 0.352 e. The Morgan fingerprint density at radius 1 is 0.950 bits per heavy atom. The van der Waals surface area contributed by atoms with E-state index in [4.69, 9.17) is 0 Å². The molecule has 1 fully saturated rings. The SMILES string of the molecule is Cc1cccc(CN(C(=O)CN2C(=O)c3ccccc3S2(=O)=O)[C@@H](Cc2ccccc2)C(=O)NC2CCCC2)c1. The van der Waals surface area contributed by atoms with Gasteiger partial charge in [-0.2, -0.15) is 0 Å². The Bertz CT molecular complexity index is 1520. The van der Waals surface area contributed by atoms with Crippen LogP contribution < -0.4 is 5.32 Å². The van der Waals surface area contributed by atoms with Crippen LogP contribution in [0.1, 0.15) is 52.7 Å². The fourth-order valence-electron chi connectivity index (χ4n) is 5.53. The molecule has 1 heterocycles. The van der Waals surface area contributed by atoms with Crippen molar-refractivity contribution in [3.63, 3.8) is 0 Å². The second kappa shape index (κ2) is 11.6. The minimum absolute atomic E-state index is 0.0386. The fourth-order valence-corrected chi connectivity index (χ4v) is 7.05. The Balaban J connectivity index is 1.50. The normalized spacial score (nSPS) is 16.9. The van der Waals surface area contributed by atoms with Crippen molar-refractivity contribution in [3.8, 4) is 0 Å². The van der Waals surface area contributed by atoms with Crippen molar-refractivity contribution < 1.29 is 22.8 Å². The topological polar surface area (TPSA) is 104 Å². The van der Waals surface area contributed by atoms with Gasteiger partial charge in [0.2, 0.25) is 11.8 Å². The summed E-state index contributed by atoms with van der Waals surface area (Å²) in [6.45, 7) is 1.34. The van der Waals surface area contributed by atoms with Crippen molar-refractivity contribution >= 4 is 27.7 Å². The molecule has 40 heavy (non-hydrogen) atoms. The molecule has 5 rings (SSSR count). The number of sulfonamides is 1. The summed E-state index contributed by atoms with van der Waals surface area (Å²) in [7, 11) is -4.19. The van der Waals surface area contributed by atoms with Gasteiger partial charge in [0.25, 0.3) is 15.9 Å². The minimum Gasteiger partial charge on any atom is -0.352 e. The highest BCUT2D eigenvalue weighted by Crippen LogP contribution is 2.30. The van der Waals surface area contributed by atoms with Gasteiger partial charge in [-0.1, -0.05) is 85.1 Å². The van der Waals surface area contributed by atoms with Crippen LogP contribution in [0.15, 0.2) is 83.8 Å². The molecule has 0 unspecified atom stereocenters. The van der Waals surface area contributed by atoms with Gasteiger partial charge in [0.1, 0.15) is 17.5 Å². The molecule has 3 aromatic carbocycles. The predicted molar refractivity (Wildman–Crippen MR) is 151 cm³/mol. The van der Waals surface area contributed by atoms with E-state index in [-0.39, 0.29) is 35.4 Å². The number of carbonyl (C=O) groups excluding carboxylic acids is 3. The Hall–Kier alpha value is -3.98. The Morgan fingerprint density at radius 2 is 1.62 bits per heavy atom. The van der Waals surface area contributed by atoms with Gasteiger partial charge in [0, 0.05) is 19.0 Å². The molecule has 1 atom stereocenters. The van der Waals surface area contributed by atoms with Crippen LogP contribution in [0.2, 0.25) is 0 Å². The number of fused-ring (bicyclic) bond motifs is 1. The second-order valence-corrected chi connectivity index (χ2v) is 12.3. The third-order valence-electron chi connectivity index (χ3n) is 7.60. The summed E-state index contributed by atoms with van der Waals surface area (Å²) in [4.78, 5) is 42.3. The van der Waals surface area contributed by atoms with Gasteiger partial charge < -0.3 is 10.2 Å². The molecule has 3 amide bonds. The number of aryl methyl sites for hydroxylation is 1. The van der Waals surface area contributed by atoms with E-state index in [0.29, 0.717) is 4.31 Å². The first-order chi connectivity index (χ1) is 19.2. The monoisotopic (exact) mass is 559 g/mol. The maximum absolute atomic E-state index is 14.0. The van der Waals surface area contributed by atoms with Gasteiger partial charge in [0.15, 0.2) is 0 Å². The molecular weight excluding hydrogens is 526 g/mol. The standard InChI is InChI=1S/C31H33N3O5S/c1-22-10-9-13-24(18-22)20-33(29(35)21-34-31(37)26-16-7-8-17-28(26)40(34,38)39)27(19-23-11-3-2-4-12-23)30(36)32-25-14-5-6-15-25/h2-4,7-13,16-18,25,27H,5-6,14-15,19-21H2,1H3,(H,32,36)/t27-/m0/s1. The lowest BCUT2D eigenvalue weighted by Gasteiger charge is -2.33. The first-order valence-corrected chi connectivity index (χ1v) is 15.0. The molecule has 0 spiro atoms. The third-order valence-corrected chi connectivity index (χ3v) is 9.39. The van der Waals surface area contributed by atoms with Crippen LogP contribution in [-0.4, -0.2) is 54.0 Å². The number of carbonyl (C=O) groups is 3. The number of nitrogens with one attached hydrogen (secondary N) is 1. The highest BCUT2D eigenvalue weighted by atomic mass is 32.2. The summed E-state index contributed by atoms with van der Waals surface area (Å²) in [5.41, 5.74) is 2.71. The lowest BCUT2D eigenvalue weighted by atomic mass is 10.0. The van der Waals surface area contributed by atoms with Crippen molar-refractivity contribution in [2.24, 2.45) is 0 Å². The summed E-state index contributed by atoms with van der Waals surface area (Å²) in [6, 6.07) is 22.1. The molecule has 1 saturated carbocycles. The lowest BCUT2D eigenvalue weighted by molar-refractivity contribution is -0.141. The van der Waals surface area contributed by atoms with Crippen molar-refractivity contribution in [2.45, 2.75) is 62.6 Å². The number of amides is 3. The molecule has 0 saturated heterocycles. The summed E-state index contributed by atoms with van der Waals surface area (Å²) < 4.78 is 27.1. The maximum Gasteiger partial charge on any atom is 0.269 e. The van der Waals surface area contributed by atoms with E-state index in [1.165, 1.54) is 17.0 Å². The number of nitrogens with zero attached hydrogens (tertiary/aromatic N) is 2. The van der Waals surface area contributed by atoms with E-state index in [0.717, 1.165) is 42.4 Å². The van der Waals surface area contributed by atoms with Gasteiger partial charge in [-0.15, -0.1) is 0 Å². The smallest absolute Gasteiger partial charge is 0.269 e. The Labute approximate surface area is 235 Å². The lowest BCUT2D eigenvalue weighted by Crippen LogP contribution is -2.54. The van der Waals surface area contributed by atoms with E-state index in [9.17, 15) is 22.8 Å². The summed E-state index contributed by atoms with van der Waals surface area (Å²) in [6.07, 6.45) is 4.09. The van der Waals surface area contributed by atoms with E-state index >= 15 is 0 Å². The van der Waals surface area contributed by atoms with Gasteiger partial charge in [-0.25, -0.2) is 12.7 Å². The van der Waals surface area contributed by atoms with Gasteiger partial charge in [-0.3, -0.25) is 14.4 Å². The molecule has 0 bridgehead atoms. The van der Waals surface area contributed by atoms with Gasteiger partial charge in [-0.05, 0) is 43.0 Å². The molecule has 2 aliphatic rings. The van der Waals surface area contributed by atoms with Crippen molar-refractivity contribution in [2.75, 3.05) is 6.54 Å². The Kier molecular flexibility index (Phi) is 8.02. The van der Waals surface area contributed by atoms with Crippen LogP contribution >= 0.6 is 0 Å². The highest BCUT2D eigenvalue weighted by Gasteiger charge is 2.43. The number of hydrogen-bond donors (Lipinski definition) is 1. The van der Waals surface area contributed by atoms with E-state index < -0.39 is 34.4 Å². The molecule has 1 N–H and O–H groups in total. The number of hydrogen-bond acceptors (Lipinski definition) is 5. The summed E-state index contributed by atoms with van der Waals surface area (Å²) >= 11 is 0. The average Bonchev–Trinajstić information content (AvgIpc) is 3.52. The van der Waals surface area contributed by atoms with Crippen LogP contribution in [0.4, 0.5) is 0 Å². The zero-order chi connectivity index (χ0) is 28.3. The molecule has 1 aliphatic heterocycles. The first kappa shape index (κ1) is 27.6. The molecule has 1 aliphatic carbocycles. The summed E-state index contributed by atoms with van der Waals surface area (Å²) in [5, 5.41) is 3.13. The molecule has 8 nitrogen and oxygen atoms in total. The second-order valence-electron chi connectivity index (χ2n) is 10.5. The minimum atomic E-state index is -4.19. The number of benzene rings is 3.